The molecule has 5 heteroatoms. The van der Waals surface area contributed by atoms with Gasteiger partial charge in [-0.15, -0.1) is 0 Å². The zero-order chi connectivity index (χ0) is 19.1. The first-order valence-corrected chi connectivity index (χ1v) is 10.8. The van der Waals surface area contributed by atoms with Crippen LogP contribution in [0.5, 0.6) is 0 Å². The molecule has 26 heavy (non-hydrogen) atoms. The van der Waals surface area contributed by atoms with Crippen LogP contribution in [-0.2, 0) is 4.43 Å². The number of benzene rings is 2. The van der Waals surface area contributed by atoms with Gasteiger partial charge in [-0.2, -0.15) is 0 Å². The molecule has 1 aliphatic rings. The molecule has 0 aliphatic heterocycles. The maximum atomic E-state index is 13.9. The largest absolute Gasteiger partial charge is 0.407 e. The van der Waals surface area contributed by atoms with Gasteiger partial charge in [0, 0.05) is 13.0 Å². The molecule has 1 aliphatic carbocycles. The maximum absolute atomic E-state index is 13.9. The van der Waals surface area contributed by atoms with E-state index in [0.717, 1.165) is 10.4 Å². The fraction of sp³-hybridized carbons (Fsp3) is 0.429. The van der Waals surface area contributed by atoms with E-state index in [9.17, 15) is 13.9 Å². The number of hydrogen-bond donors (Lipinski definition) is 1. The van der Waals surface area contributed by atoms with Gasteiger partial charge in [0.2, 0.25) is 0 Å². The molecule has 0 spiro atoms. The highest BCUT2D eigenvalue weighted by Crippen LogP contribution is 2.60. The number of aliphatic hydroxyl groups is 1. The van der Waals surface area contributed by atoms with Gasteiger partial charge in [0.25, 0.3) is 14.2 Å². The average molecular weight is 377 g/mol. The van der Waals surface area contributed by atoms with Crippen molar-refractivity contribution in [2.45, 2.75) is 38.2 Å². The number of aliphatic hydroxyl groups excluding tert-OH is 1. The lowest BCUT2D eigenvalue weighted by atomic mass is 10.1. The average Bonchev–Trinajstić information content (AvgIpc) is 3.17. The van der Waals surface area contributed by atoms with E-state index in [0.29, 0.717) is 0 Å². The lowest BCUT2D eigenvalue weighted by molar-refractivity contribution is 0.0123. The van der Waals surface area contributed by atoms with Crippen molar-refractivity contribution in [3.63, 3.8) is 0 Å². The molecule has 2 nitrogen and oxygen atoms in total. The molecule has 1 atom stereocenters. The van der Waals surface area contributed by atoms with Crippen molar-refractivity contribution in [1.29, 1.82) is 0 Å². The van der Waals surface area contributed by atoms with Gasteiger partial charge in [-0.05, 0) is 15.4 Å². The molecule has 0 radical (unpaired) electrons. The van der Waals surface area contributed by atoms with Gasteiger partial charge in [-0.25, -0.2) is 8.78 Å². The summed E-state index contributed by atoms with van der Waals surface area (Å²) >= 11 is 0. The summed E-state index contributed by atoms with van der Waals surface area (Å²) in [7, 11) is -2.84. The SMILES string of the molecule is CC(C)(C)[Si](OC[C@@]1(CO)CC1(F)F)(c1ccccc1)c1ccccc1. The van der Waals surface area contributed by atoms with E-state index in [-0.39, 0.29) is 18.1 Å². The molecule has 0 bridgehead atoms. The quantitative estimate of drug-likeness (QED) is 0.781. The zero-order valence-electron chi connectivity index (χ0n) is 15.5. The predicted molar refractivity (Wildman–Crippen MR) is 103 cm³/mol. The Morgan fingerprint density at radius 2 is 1.38 bits per heavy atom. The summed E-state index contributed by atoms with van der Waals surface area (Å²) in [6, 6.07) is 19.8. The van der Waals surface area contributed by atoms with Crippen molar-refractivity contribution in [2.75, 3.05) is 13.2 Å². The van der Waals surface area contributed by atoms with Crippen molar-refractivity contribution in [3.8, 4) is 0 Å². The molecular formula is C21H26F2O2Si. The summed E-state index contributed by atoms with van der Waals surface area (Å²) in [4.78, 5) is 0. The van der Waals surface area contributed by atoms with Gasteiger partial charge in [0.15, 0.2) is 0 Å². The molecule has 3 rings (SSSR count). The Kier molecular flexibility index (Phi) is 4.84. The lowest BCUT2D eigenvalue weighted by Gasteiger charge is -2.43. The first kappa shape index (κ1) is 19.2. The molecule has 0 aromatic heterocycles. The van der Waals surface area contributed by atoms with Crippen LogP contribution >= 0.6 is 0 Å². The molecule has 1 saturated carbocycles. The molecule has 0 amide bonds. The predicted octanol–water partition coefficient (Wildman–Crippen LogP) is 3.58. The molecule has 2 aromatic rings. The van der Waals surface area contributed by atoms with Gasteiger partial charge in [0.05, 0.1) is 12.0 Å². The van der Waals surface area contributed by atoms with E-state index < -0.39 is 26.3 Å². The number of halogens is 2. The first-order chi connectivity index (χ1) is 12.2. The minimum Gasteiger partial charge on any atom is -0.407 e. The Labute approximate surface area is 155 Å². The third-order valence-corrected chi connectivity index (χ3v) is 10.5. The molecule has 140 valence electrons. The second-order valence-electron chi connectivity index (χ2n) is 8.27. The van der Waals surface area contributed by atoms with Crippen molar-refractivity contribution >= 4 is 18.7 Å². The van der Waals surface area contributed by atoms with Crippen LogP contribution in [0.3, 0.4) is 0 Å². The Morgan fingerprint density at radius 3 is 1.69 bits per heavy atom. The van der Waals surface area contributed by atoms with Crippen LogP contribution in [-0.4, -0.2) is 32.6 Å². The molecule has 2 aromatic carbocycles. The fourth-order valence-electron chi connectivity index (χ4n) is 3.76. The summed E-state index contributed by atoms with van der Waals surface area (Å²) in [5, 5.41) is 11.4. The Hall–Kier alpha value is -1.56. The van der Waals surface area contributed by atoms with Crippen molar-refractivity contribution < 1.29 is 18.3 Å². The van der Waals surface area contributed by atoms with E-state index in [1.807, 2.05) is 60.7 Å². The Balaban J connectivity index is 2.10. The van der Waals surface area contributed by atoms with Crippen LogP contribution in [0.1, 0.15) is 27.2 Å². The summed E-state index contributed by atoms with van der Waals surface area (Å²) in [5.74, 6) is -2.85. The topological polar surface area (TPSA) is 29.5 Å². The second-order valence-corrected chi connectivity index (χ2v) is 12.6. The zero-order valence-corrected chi connectivity index (χ0v) is 16.5. The van der Waals surface area contributed by atoms with E-state index in [2.05, 4.69) is 20.8 Å². The molecular weight excluding hydrogens is 350 g/mol. The molecule has 1 fully saturated rings. The summed E-state index contributed by atoms with van der Waals surface area (Å²) < 4.78 is 34.3. The highest BCUT2D eigenvalue weighted by molar-refractivity contribution is 6.99. The van der Waals surface area contributed by atoms with Gasteiger partial charge < -0.3 is 9.53 Å². The maximum Gasteiger partial charge on any atom is 0.261 e. The van der Waals surface area contributed by atoms with E-state index in [1.165, 1.54) is 0 Å². The van der Waals surface area contributed by atoms with Crippen LogP contribution in [0, 0.1) is 5.41 Å². The highest BCUT2D eigenvalue weighted by atomic mass is 28.4. The molecule has 0 heterocycles. The van der Waals surface area contributed by atoms with Gasteiger partial charge >= 0.3 is 0 Å². The van der Waals surface area contributed by atoms with E-state index >= 15 is 0 Å². The highest BCUT2D eigenvalue weighted by Gasteiger charge is 2.71. The molecule has 1 N–H and O–H groups in total. The Bertz CT molecular complexity index is 704. The fourth-order valence-corrected chi connectivity index (χ4v) is 8.41. The lowest BCUT2D eigenvalue weighted by Crippen LogP contribution is -2.67. The van der Waals surface area contributed by atoms with Gasteiger partial charge in [-0.3, -0.25) is 0 Å². The number of rotatable bonds is 6. The van der Waals surface area contributed by atoms with Crippen molar-refractivity contribution in [3.05, 3.63) is 60.7 Å². The van der Waals surface area contributed by atoms with Crippen LogP contribution < -0.4 is 10.4 Å². The van der Waals surface area contributed by atoms with Crippen molar-refractivity contribution in [2.24, 2.45) is 5.41 Å². The summed E-state index contributed by atoms with van der Waals surface area (Å²) in [6.07, 6.45) is -0.311. The number of hydrogen-bond acceptors (Lipinski definition) is 2. The van der Waals surface area contributed by atoms with Gasteiger partial charge in [-0.1, -0.05) is 81.4 Å². The molecule has 0 unspecified atom stereocenters. The monoisotopic (exact) mass is 376 g/mol. The second kappa shape index (κ2) is 6.55. The van der Waals surface area contributed by atoms with Gasteiger partial charge in [0.1, 0.15) is 0 Å². The minimum atomic E-state index is -2.85. The Morgan fingerprint density at radius 1 is 0.962 bits per heavy atom. The number of alkyl halides is 2. The third kappa shape index (κ3) is 3.02. The smallest absolute Gasteiger partial charge is 0.261 e. The summed E-state index contributed by atoms with van der Waals surface area (Å²) in [6.45, 7) is 5.63. The van der Waals surface area contributed by atoms with Crippen LogP contribution in [0.25, 0.3) is 0 Å². The first-order valence-electron chi connectivity index (χ1n) is 8.92. The van der Waals surface area contributed by atoms with E-state index in [4.69, 9.17) is 4.43 Å². The van der Waals surface area contributed by atoms with E-state index in [1.54, 1.807) is 0 Å². The summed E-state index contributed by atoms with van der Waals surface area (Å²) in [5.41, 5.74) is -1.44. The normalized spacial score (nSPS) is 22.2. The standard InChI is InChI=1S/C21H26F2O2Si/c1-19(2,3)26(17-10-6-4-7-11-17,18-12-8-5-9-13-18)25-16-20(15-24)14-21(20,22)23/h4-13,24H,14-16H2,1-3H3/t20-/m0/s1. The molecule has 0 saturated heterocycles. The van der Waals surface area contributed by atoms with Crippen molar-refractivity contribution in [1.82, 2.24) is 0 Å². The third-order valence-electron chi connectivity index (χ3n) is 5.50. The minimum absolute atomic E-state index is 0.135. The van der Waals surface area contributed by atoms with Crippen LogP contribution in [0.2, 0.25) is 5.04 Å². The van der Waals surface area contributed by atoms with Crippen LogP contribution in [0.4, 0.5) is 8.78 Å². The van der Waals surface area contributed by atoms with Crippen LogP contribution in [0.15, 0.2) is 60.7 Å².